The van der Waals surface area contributed by atoms with Crippen LogP contribution in [0.1, 0.15) is 19.3 Å². The number of esters is 1. The number of sulfonamides is 1. The van der Waals surface area contributed by atoms with Crippen LogP contribution in [0.15, 0.2) is 52.6 Å². The zero-order valence-corrected chi connectivity index (χ0v) is 17.8. The van der Waals surface area contributed by atoms with Crippen molar-refractivity contribution in [1.82, 2.24) is 4.90 Å². The van der Waals surface area contributed by atoms with Gasteiger partial charge in [-0.1, -0.05) is 0 Å². The van der Waals surface area contributed by atoms with Gasteiger partial charge in [-0.15, -0.1) is 4.40 Å². The molecule has 0 radical (unpaired) electrons. The van der Waals surface area contributed by atoms with Gasteiger partial charge in [0, 0.05) is 37.2 Å². The zero-order chi connectivity index (χ0) is 21.8. The van der Waals surface area contributed by atoms with Crippen molar-refractivity contribution >= 4 is 39.1 Å². The van der Waals surface area contributed by atoms with E-state index in [-0.39, 0.29) is 23.7 Å². The summed E-state index contributed by atoms with van der Waals surface area (Å²) in [6.07, 6.45) is 8.01. The van der Waals surface area contributed by atoms with E-state index < -0.39 is 28.5 Å². The number of carbonyl (C=O) groups is 2. The Kier molecular flexibility index (Phi) is 6.08. The molecule has 1 fully saturated rings. The van der Waals surface area contributed by atoms with Gasteiger partial charge in [0.2, 0.25) is 0 Å². The van der Waals surface area contributed by atoms with E-state index in [2.05, 4.69) is 14.6 Å². The van der Waals surface area contributed by atoms with E-state index in [4.69, 9.17) is 4.74 Å². The topological polar surface area (TPSA) is 108 Å². The number of anilines is 2. The lowest BCUT2D eigenvalue weighted by molar-refractivity contribution is -0.143. The van der Waals surface area contributed by atoms with Gasteiger partial charge in [0.15, 0.2) is 6.61 Å². The van der Waals surface area contributed by atoms with Crippen LogP contribution in [0.4, 0.5) is 11.4 Å². The standard InChI is InChI=1S/C21H24N4O5S/c26-20(22-17-5-7-18(8-6-17)24-10-2-1-3-11-24)15-30-21(27)16-4-9-19-23-31(28,29)13-12-25(19)14-16/h4-9,14H,1-3,10-13,15H2,(H,22,26). The quantitative estimate of drug-likeness (QED) is 0.688. The van der Waals surface area contributed by atoms with E-state index in [1.165, 1.54) is 37.6 Å². The summed E-state index contributed by atoms with van der Waals surface area (Å²) in [7, 11) is -3.46. The molecule has 1 aromatic rings. The van der Waals surface area contributed by atoms with Crippen molar-refractivity contribution < 1.29 is 22.7 Å². The summed E-state index contributed by atoms with van der Waals surface area (Å²) in [4.78, 5) is 28.3. The van der Waals surface area contributed by atoms with E-state index in [0.29, 0.717) is 5.69 Å². The normalized spacial score (nSPS) is 19.7. The Morgan fingerprint density at radius 2 is 1.77 bits per heavy atom. The number of hydrogen-bond donors (Lipinski definition) is 1. The number of piperidine rings is 1. The summed E-state index contributed by atoms with van der Waals surface area (Å²) in [6, 6.07) is 7.62. The number of nitrogens with one attached hydrogen (secondary N) is 1. The van der Waals surface area contributed by atoms with Gasteiger partial charge in [0.05, 0.1) is 11.3 Å². The second-order valence-electron chi connectivity index (χ2n) is 7.57. The minimum Gasteiger partial charge on any atom is -0.452 e. The Morgan fingerprint density at radius 3 is 2.52 bits per heavy atom. The Morgan fingerprint density at radius 1 is 1.03 bits per heavy atom. The first kappa shape index (κ1) is 21.1. The van der Waals surface area contributed by atoms with E-state index in [1.807, 2.05) is 24.3 Å². The maximum atomic E-state index is 12.3. The Labute approximate surface area is 181 Å². The highest BCUT2D eigenvalue weighted by atomic mass is 32.2. The number of amides is 1. The van der Waals surface area contributed by atoms with Crippen molar-refractivity contribution in [1.29, 1.82) is 0 Å². The largest absolute Gasteiger partial charge is 0.452 e. The molecular weight excluding hydrogens is 420 g/mol. The Hall–Kier alpha value is -3.14. The van der Waals surface area contributed by atoms with Gasteiger partial charge in [-0.2, -0.15) is 0 Å². The third-order valence-corrected chi connectivity index (χ3v) is 6.43. The molecule has 3 aliphatic rings. The molecule has 1 N–H and O–H groups in total. The van der Waals surface area contributed by atoms with Crippen molar-refractivity contribution in [2.24, 2.45) is 4.40 Å². The minimum atomic E-state index is -3.46. The van der Waals surface area contributed by atoms with E-state index in [9.17, 15) is 18.0 Å². The molecule has 31 heavy (non-hydrogen) atoms. The van der Waals surface area contributed by atoms with Crippen molar-refractivity contribution in [3.8, 4) is 0 Å². The van der Waals surface area contributed by atoms with Gasteiger partial charge in [0.25, 0.3) is 15.9 Å². The fraction of sp³-hybridized carbons (Fsp3) is 0.381. The third kappa shape index (κ3) is 5.32. The molecule has 0 saturated carbocycles. The Bertz CT molecular complexity index is 1050. The monoisotopic (exact) mass is 444 g/mol. The van der Waals surface area contributed by atoms with Gasteiger partial charge in [0.1, 0.15) is 5.84 Å². The first-order valence-corrected chi connectivity index (χ1v) is 11.8. The summed E-state index contributed by atoms with van der Waals surface area (Å²) < 4.78 is 31.8. The number of benzene rings is 1. The van der Waals surface area contributed by atoms with Gasteiger partial charge in [-0.05, 0) is 55.7 Å². The summed E-state index contributed by atoms with van der Waals surface area (Å²) in [6.45, 7) is 1.88. The second-order valence-corrected chi connectivity index (χ2v) is 9.32. The van der Waals surface area contributed by atoms with Crippen LogP contribution in [0.2, 0.25) is 0 Å². The van der Waals surface area contributed by atoms with E-state index >= 15 is 0 Å². The van der Waals surface area contributed by atoms with Gasteiger partial charge in [-0.25, -0.2) is 13.2 Å². The molecule has 10 heteroatoms. The molecule has 0 unspecified atom stereocenters. The number of nitrogens with zero attached hydrogens (tertiary/aromatic N) is 3. The van der Waals surface area contributed by atoms with E-state index in [0.717, 1.165) is 18.8 Å². The molecule has 1 saturated heterocycles. The summed E-state index contributed by atoms with van der Waals surface area (Å²) in [5.74, 6) is -0.971. The van der Waals surface area contributed by atoms with Crippen molar-refractivity contribution in [2.75, 3.05) is 42.2 Å². The second kappa shape index (κ2) is 8.93. The summed E-state index contributed by atoms with van der Waals surface area (Å²) in [5.41, 5.74) is 1.99. The highest BCUT2D eigenvalue weighted by Crippen LogP contribution is 2.22. The molecule has 0 aliphatic carbocycles. The van der Waals surface area contributed by atoms with Crippen LogP contribution in [-0.2, 0) is 24.3 Å². The van der Waals surface area contributed by atoms with Crippen molar-refractivity contribution in [2.45, 2.75) is 19.3 Å². The molecule has 1 amide bonds. The maximum absolute atomic E-state index is 12.3. The number of hydrogen-bond acceptors (Lipinski definition) is 7. The minimum absolute atomic E-state index is 0.123. The fourth-order valence-electron chi connectivity index (χ4n) is 3.64. The third-order valence-electron chi connectivity index (χ3n) is 5.27. The molecule has 164 valence electrons. The zero-order valence-electron chi connectivity index (χ0n) is 17.0. The first-order chi connectivity index (χ1) is 14.9. The molecule has 0 bridgehead atoms. The van der Waals surface area contributed by atoms with Crippen LogP contribution in [0.3, 0.4) is 0 Å². The van der Waals surface area contributed by atoms with Crippen LogP contribution in [0, 0.1) is 0 Å². The molecule has 0 atom stereocenters. The molecule has 1 aromatic carbocycles. The molecular formula is C21H24N4O5S. The SMILES string of the molecule is O=C(COC(=O)C1=CN2CCS(=O)(=O)N=C2C=C1)Nc1ccc(N2CCCCC2)cc1. The van der Waals surface area contributed by atoms with Crippen LogP contribution in [0.5, 0.6) is 0 Å². The molecule has 9 nitrogen and oxygen atoms in total. The molecule has 0 spiro atoms. The lowest BCUT2D eigenvalue weighted by Crippen LogP contribution is -2.37. The molecule has 0 aromatic heterocycles. The number of fused-ring (bicyclic) bond motifs is 1. The van der Waals surface area contributed by atoms with Crippen LogP contribution in [0.25, 0.3) is 0 Å². The molecule has 3 aliphatic heterocycles. The number of ether oxygens (including phenoxy) is 1. The Balaban J connectivity index is 1.28. The van der Waals surface area contributed by atoms with E-state index in [1.54, 1.807) is 4.90 Å². The average molecular weight is 445 g/mol. The number of amidine groups is 1. The predicted octanol–water partition coefficient (Wildman–Crippen LogP) is 1.66. The fourth-order valence-corrected chi connectivity index (χ4v) is 4.61. The smallest absolute Gasteiger partial charge is 0.340 e. The van der Waals surface area contributed by atoms with Gasteiger partial charge >= 0.3 is 5.97 Å². The van der Waals surface area contributed by atoms with Gasteiger partial charge in [-0.3, -0.25) is 4.79 Å². The van der Waals surface area contributed by atoms with Crippen molar-refractivity contribution in [3.63, 3.8) is 0 Å². The molecule has 3 heterocycles. The predicted molar refractivity (Wildman–Crippen MR) is 117 cm³/mol. The lowest BCUT2D eigenvalue weighted by atomic mass is 10.1. The van der Waals surface area contributed by atoms with Gasteiger partial charge < -0.3 is 19.9 Å². The highest BCUT2D eigenvalue weighted by molar-refractivity contribution is 7.90. The number of carbonyl (C=O) groups excluding carboxylic acids is 2. The van der Waals surface area contributed by atoms with Crippen molar-refractivity contribution in [3.05, 3.63) is 48.2 Å². The van der Waals surface area contributed by atoms with Crippen LogP contribution in [-0.4, -0.2) is 63.0 Å². The maximum Gasteiger partial charge on any atom is 0.340 e. The summed E-state index contributed by atoms with van der Waals surface area (Å²) in [5, 5.41) is 2.72. The first-order valence-electron chi connectivity index (χ1n) is 10.2. The highest BCUT2D eigenvalue weighted by Gasteiger charge is 2.25. The average Bonchev–Trinajstić information content (AvgIpc) is 2.77. The van der Waals surface area contributed by atoms with Crippen LogP contribution >= 0.6 is 0 Å². The summed E-state index contributed by atoms with van der Waals surface area (Å²) >= 11 is 0. The number of rotatable bonds is 5. The lowest BCUT2D eigenvalue weighted by Gasteiger charge is -2.28. The van der Waals surface area contributed by atoms with Crippen LogP contribution < -0.4 is 10.2 Å². The molecule has 4 rings (SSSR count).